The van der Waals surface area contributed by atoms with Gasteiger partial charge in [0.2, 0.25) is 0 Å². The molecule has 255 valence electrons. The number of hydrogen-bond acceptors (Lipinski definition) is 15. The molecule has 3 radical (unpaired) electrons. The Morgan fingerprint density at radius 3 is 1.20 bits per heavy atom. The third-order valence-electron chi connectivity index (χ3n) is 2.24. The Hall–Kier alpha value is 1.99. The van der Waals surface area contributed by atoms with Gasteiger partial charge in [0.1, 0.15) is 0 Å². The fraction of sp³-hybridized carbons (Fsp3) is 0.429. The number of esters is 3. The molecule has 0 aliphatic rings. The SMILES string of the molecule is CC(=O)OC(=O)OC(C)=O.O=C(O)COC(=O)OC(=O)CC(O)(CC(=O)O)C(=O)O.O=S(=O)(O)O.[Cl][Mn].[MgH2].[MgH2].[MgH2].[MgH2].[MgH2].[Mn].[Mn].[Mn]. The largest absolute Gasteiger partial charge is 0.316 e. The maximum atomic E-state index is 11.1. The first kappa shape index (κ1) is 81.2. The maximum Gasteiger partial charge on any atom is 0.316 e. The summed E-state index contributed by atoms with van der Waals surface area (Å²) in [4.78, 5) is 83.1. The van der Waals surface area contributed by atoms with Crippen molar-refractivity contribution in [2.75, 3.05) is 6.61 Å². The van der Waals surface area contributed by atoms with Crippen LogP contribution in [0, 0.1) is 0 Å². The van der Waals surface area contributed by atoms with Gasteiger partial charge in [-0.25, -0.2) is 19.2 Å². The fourth-order valence-corrected chi connectivity index (χ4v) is 1.24. The van der Waals surface area contributed by atoms with Crippen molar-refractivity contribution in [3.05, 3.63) is 0 Å². The molecule has 0 rings (SSSR count). The summed E-state index contributed by atoms with van der Waals surface area (Å²) in [6.45, 7) is 0.966. The van der Waals surface area contributed by atoms with Crippen LogP contribution >= 0.6 is 10.1 Å². The first-order chi connectivity index (χ1) is 16.6. The average molecular weight is 925 g/mol. The Bertz CT molecular complexity index is 953. The van der Waals surface area contributed by atoms with Crippen LogP contribution in [0.5, 0.6) is 0 Å². The number of hydrogen-bond donors (Lipinski definition) is 6. The zero-order valence-electron chi connectivity index (χ0n) is 19.3. The van der Waals surface area contributed by atoms with Crippen LogP contribution in [0.15, 0.2) is 0 Å². The first-order valence-electron chi connectivity index (χ1n) is 8.10. The molecule has 31 heteroatoms. The van der Waals surface area contributed by atoms with Crippen molar-refractivity contribution in [2.45, 2.75) is 32.3 Å². The summed E-state index contributed by atoms with van der Waals surface area (Å²) in [6.07, 6.45) is -5.65. The Morgan fingerprint density at radius 1 is 0.667 bits per heavy atom. The van der Waals surface area contributed by atoms with Gasteiger partial charge in [0.05, 0.1) is 12.8 Å². The molecule has 45 heavy (non-hydrogen) atoms. The molecule has 0 aliphatic heterocycles. The van der Waals surface area contributed by atoms with Crippen molar-refractivity contribution in [3.63, 3.8) is 0 Å². The molecule has 0 aromatic heterocycles. The summed E-state index contributed by atoms with van der Waals surface area (Å²) in [5, 5.41) is 34.6. The molecule has 0 heterocycles. The molecule has 0 spiro atoms. The van der Waals surface area contributed by atoms with E-state index in [0.29, 0.717) is 0 Å². The van der Waals surface area contributed by atoms with E-state index in [-0.39, 0.29) is 166 Å². The van der Waals surface area contributed by atoms with Gasteiger partial charge in [-0.1, -0.05) is 0 Å². The zero-order valence-corrected chi connectivity index (χ0v) is 25.6. The number of aliphatic hydroxyl groups is 1. The van der Waals surface area contributed by atoms with E-state index in [0.717, 1.165) is 13.8 Å². The maximum absolute atomic E-state index is 11.1. The van der Waals surface area contributed by atoms with Gasteiger partial charge in [-0.15, -0.1) is 0 Å². The molecule has 1 atom stereocenters. The minimum atomic E-state index is -4.67. The van der Waals surface area contributed by atoms with E-state index in [1.807, 2.05) is 0 Å². The molecular weight excluding hydrogens is 897 g/mol. The number of halogens is 1. The van der Waals surface area contributed by atoms with Crippen molar-refractivity contribution < 1.29 is 162 Å². The monoisotopic (exact) mass is 923 g/mol. The summed E-state index contributed by atoms with van der Waals surface area (Å²) in [6, 6.07) is 0. The van der Waals surface area contributed by atoms with Crippen LogP contribution in [0.1, 0.15) is 26.7 Å². The van der Waals surface area contributed by atoms with E-state index in [9.17, 15) is 43.5 Å². The van der Waals surface area contributed by atoms with Gasteiger partial charge in [0, 0.05) is 65.1 Å². The van der Waals surface area contributed by atoms with E-state index in [1.165, 1.54) is 0 Å². The van der Waals surface area contributed by atoms with Crippen molar-refractivity contribution in [1.29, 1.82) is 0 Å². The van der Waals surface area contributed by atoms with Gasteiger partial charge in [-0.05, 0) is 0 Å². The summed E-state index contributed by atoms with van der Waals surface area (Å²) >= 11 is 2.41. The van der Waals surface area contributed by atoms with E-state index >= 15 is 0 Å². The predicted molar refractivity (Wildman–Crippen MR) is 146 cm³/mol. The quantitative estimate of drug-likeness (QED) is 0.0599. The molecule has 0 aromatic carbocycles. The van der Waals surface area contributed by atoms with Gasteiger partial charge in [0.25, 0.3) is 0 Å². The third kappa shape index (κ3) is 72.7. The van der Waals surface area contributed by atoms with Gasteiger partial charge in [-0.2, -0.15) is 8.42 Å². The van der Waals surface area contributed by atoms with Crippen molar-refractivity contribution in [1.82, 2.24) is 0 Å². The molecule has 20 nitrogen and oxygen atoms in total. The number of carbonyl (C=O) groups excluding carboxylic acids is 5. The summed E-state index contributed by atoms with van der Waals surface area (Å²) < 4.78 is 47.0. The van der Waals surface area contributed by atoms with Crippen molar-refractivity contribution in [2.24, 2.45) is 0 Å². The minimum absolute atomic E-state index is 0. The molecular formula is C14H28ClMg5Mn4O20S. The molecule has 6 N–H and O–H groups in total. The molecule has 0 aromatic rings. The first-order valence-corrected chi connectivity index (χ1v) is 11.1. The van der Waals surface area contributed by atoms with E-state index in [4.69, 9.17) is 32.8 Å². The number of aliphatic carboxylic acids is 3. The van der Waals surface area contributed by atoms with Crippen LogP contribution in [0.4, 0.5) is 9.59 Å². The third-order valence-corrected chi connectivity index (χ3v) is 2.24. The fourth-order valence-electron chi connectivity index (χ4n) is 1.24. The van der Waals surface area contributed by atoms with Crippen LogP contribution < -0.4 is 0 Å². The predicted octanol–water partition coefficient (Wildman–Crippen LogP) is -5.89. The summed E-state index contributed by atoms with van der Waals surface area (Å²) in [5.74, 6) is -8.45. The summed E-state index contributed by atoms with van der Waals surface area (Å²) in [7, 11) is -0.215. The smallest absolute Gasteiger partial charge is 0 e. The molecule has 0 amide bonds. The molecule has 0 saturated carbocycles. The van der Waals surface area contributed by atoms with Crippen LogP contribution in [-0.2, 0) is 124 Å². The number of ether oxygens (including phenoxy) is 4. The Morgan fingerprint density at radius 2 is 0.978 bits per heavy atom. The van der Waals surface area contributed by atoms with Crippen molar-refractivity contribution >= 4 is 184 Å². The van der Waals surface area contributed by atoms with E-state index in [2.05, 4.69) is 44.1 Å². The van der Waals surface area contributed by atoms with Gasteiger partial charge < -0.3 is 39.4 Å². The Balaban J connectivity index is -0.0000000376. The van der Waals surface area contributed by atoms with Crippen LogP contribution in [0.2, 0.25) is 0 Å². The Kier molecular flexibility index (Phi) is 83.0. The second-order valence-corrected chi connectivity index (χ2v) is 6.27. The average Bonchev–Trinajstić information content (AvgIpc) is 2.64. The van der Waals surface area contributed by atoms with E-state index in [1.54, 1.807) is 0 Å². The van der Waals surface area contributed by atoms with Gasteiger partial charge in [-0.3, -0.25) is 28.3 Å². The molecule has 1 unspecified atom stereocenters. The number of carbonyl (C=O) groups is 8. The zero-order chi connectivity index (χ0) is 30.6. The number of carboxylic acids is 3. The Labute approximate surface area is 379 Å². The molecule has 0 aliphatic carbocycles. The normalized spacial score (nSPS) is 8.96. The van der Waals surface area contributed by atoms with Crippen LogP contribution in [-0.4, -0.2) is 214 Å². The molecule has 0 bridgehead atoms. The standard InChI is InChI=1S/C9H10O11.C5H6O5.ClH.5Mg.4Mn.H2O4S.10H/c10-4(11)1-9(18,7(15)16)2-6(14)20-8(17)19-3-5(12)13;1-3(6)9-5(8)10-4(2)7;;;;;;;;;;;1-5(2,3)4;;;;;;;;;;/h18H,1-3H2,(H,10,11)(H,12,13)(H,15,16);1-2H3;1H;;;;;;;;;;(H2,1,2,3,4);;;;;;;;;;/q;;;;;;;;;;;+1;;;;;;;;;;;/p-1. The summed E-state index contributed by atoms with van der Waals surface area (Å²) in [5.41, 5.74) is -2.96. The second kappa shape index (κ2) is 46.0. The second-order valence-electron chi connectivity index (χ2n) is 5.38. The van der Waals surface area contributed by atoms with Crippen LogP contribution in [0.3, 0.4) is 0 Å². The van der Waals surface area contributed by atoms with Gasteiger partial charge in [0.15, 0.2) is 12.2 Å². The number of rotatable bonds is 7. The molecule has 0 fully saturated rings. The molecule has 0 saturated heterocycles. The van der Waals surface area contributed by atoms with Crippen LogP contribution in [0.25, 0.3) is 0 Å². The van der Waals surface area contributed by atoms with Crippen molar-refractivity contribution in [3.8, 4) is 0 Å². The van der Waals surface area contributed by atoms with Gasteiger partial charge >= 0.3 is 199 Å². The topological polar surface area (TPSA) is 329 Å². The number of carboxylic acid groups (broad SMARTS) is 3. The minimum Gasteiger partial charge on any atom is 0 e. The van der Waals surface area contributed by atoms with E-state index < -0.39 is 83.6 Å².